The van der Waals surface area contributed by atoms with Gasteiger partial charge in [-0.2, -0.15) is 5.10 Å². The van der Waals surface area contributed by atoms with Gasteiger partial charge in [-0.15, -0.1) is 10.2 Å². The van der Waals surface area contributed by atoms with Crippen LogP contribution in [0.2, 0.25) is 0 Å². The Morgan fingerprint density at radius 2 is 2.00 bits per heavy atom. The fourth-order valence-electron chi connectivity index (χ4n) is 0.465. The van der Waals surface area contributed by atoms with Crippen LogP contribution in [0.15, 0.2) is 17.8 Å². The van der Waals surface area contributed by atoms with Crippen LogP contribution < -0.4 is 0 Å². The van der Waals surface area contributed by atoms with Gasteiger partial charge in [-0.3, -0.25) is 0 Å². The van der Waals surface area contributed by atoms with Crippen LogP contribution in [0.5, 0.6) is 0 Å². The molecule has 0 aliphatic carbocycles. The first-order chi connectivity index (χ1) is 4.79. The molecule has 10 heavy (non-hydrogen) atoms. The minimum Gasteiger partial charge on any atom is -0.208 e. The molecule has 0 bridgehead atoms. The molecule has 0 amide bonds. The van der Waals surface area contributed by atoms with Crippen molar-refractivity contribution < 1.29 is 0 Å². The molecule has 0 aromatic carbocycles. The lowest BCUT2D eigenvalue weighted by Gasteiger charge is -1.91. The molecular weight excluding hydrogens is 128 g/mol. The number of nitrogens with zero attached hydrogens (tertiary/aromatic N) is 4. The molecule has 1 aromatic rings. The largest absolute Gasteiger partial charge is 0.208 e. The number of hydrogen-bond donors (Lipinski definition) is 0. The van der Waals surface area contributed by atoms with Gasteiger partial charge in [0, 0.05) is 6.21 Å². The van der Waals surface area contributed by atoms with Crippen molar-refractivity contribution in [1.82, 2.24) is 14.9 Å². The van der Waals surface area contributed by atoms with Crippen LogP contribution in [0.4, 0.5) is 0 Å². The predicted molar refractivity (Wildman–Crippen MR) is 38.8 cm³/mol. The second kappa shape index (κ2) is 3.10. The second-order valence-electron chi connectivity index (χ2n) is 2.35. The number of hydrogen-bond acceptors (Lipinski definition) is 3. The summed E-state index contributed by atoms with van der Waals surface area (Å²) in [6, 6.07) is 0. The Morgan fingerprint density at radius 1 is 1.40 bits per heavy atom. The normalized spacial score (nSPS) is 11.5. The van der Waals surface area contributed by atoms with E-state index in [-0.39, 0.29) is 0 Å². The molecule has 1 heterocycles. The lowest BCUT2D eigenvalue weighted by Crippen LogP contribution is -1.91. The Labute approximate surface area is 59.6 Å². The maximum Gasteiger partial charge on any atom is 0.141 e. The maximum atomic E-state index is 4.03. The molecule has 0 atom stereocenters. The summed E-state index contributed by atoms with van der Waals surface area (Å²) in [5.74, 6) is 0.461. The zero-order chi connectivity index (χ0) is 7.40. The minimum atomic E-state index is 0.461. The Morgan fingerprint density at radius 3 is 2.50 bits per heavy atom. The highest BCUT2D eigenvalue weighted by Gasteiger charge is 1.85. The Balaban J connectivity index is 2.55. The third-order valence-electron chi connectivity index (χ3n) is 0.905. The third-order valence-corrected chi connectivity index (χ3v) is 0.905. The zero-order valence-corrected chi connectivity index (χ0v) is 6.10. The Bertz CT molecular complexity index is 200. The molecule has 0 spiro atoms. The topological polar surface area (TPSA) is 43.1 Å². The van der Waals surface area contributed by atoms with Crippen LogP contribution in [0.1, 0.15) is 13.8 Å². The van der Waals surface area contributed by atoms with E-state index in [1.54, 1.807) is 17.3 Å². The summed E-state index contributed by atoms with van der Waals surface area (Å²) in [6.07, 6.45) is 4.95. The second-order valence-corrected chi connectivity index (χ2v) is 2.35. The summed E-state index contributed by atoms with van der Waals surface area (Å²) >= 11 is 0. The van der Waals surface area contributed by atoms with Gasteiger partial charge in [0.1, 0.15) is 12.7 Å². The van der Waals surface area contributed by atoms with Crippen LogP contribution in [0.25, 0.3) is 0 Å². The first kappa shape index (κ1) is 6.92. The lowest BCUT2D eigenvalue weighted by atomic mass is 10.3. The summed E-state index contributed by atoms with van der Waals surface area (Å²) in [4.78, 5) is 0. The van der Waals surface area contributed by atoms with E-state index in [1.807, 2.05) is 6.21 Å². The van der Waals surface area contributed by atoms with E-state index in [0.717, 1.165) is 0 Å². The molecule has 0 unspecified atom stereocenters. The molecule has 1 rings (SSSR count). The first-order valence-electron chi connectivity index (χ1n) is 3.18. The van der Waals surface area contributed by atoms with E-state index in [2.05, 4.69) is 29.1 Å². The molecular formula is C6H10N4. The standard InChI is InChI=1S/C6H10N4/c1-6(2)3-9-10-4-7-8-5-10/h3-6H,1-2H3. The van der Waals surface area contributed by atoms with Gasteiger partial charge in [0.25, 0.3) is 0 Å². The van der Waals surface area contributed by atoms with Gasteiger partial charge < -0.3 is 0 Å². The average molecular weight is 138 g/mol. The van der Waals surface area contributed by atoms with Crippen molar-refractivity contribution in [2.75, 3.05) is 0 Å². The van der Waals surface area contributed by atoms with E-state index in [9.17, 15) is 0 Å². The van der Waals surface area contributed by atoms with Crippen molar-refractivity contribution >= 4 is 6.21 Å². The van der Waals surface area contributed by atoms with Crippen LogP contribution in [-0.4, -0.2) is 21.1 Å². The highest BCUT2D eigenvalue weighted by atomic mass is 15.4. The molecule has 0 radical (unpaired) electrons. The van der Waals surface area contributed by atoms with Gasteiger partial charge >= 0.3 is 0 Å². The molecule has 0 N–H and O–H groups in total. The predicted octanol–water partition coefficient (Wildman–Crippen LogP) is 0.768. The van der Waals surface area contributed by atoms with Crippen molar-refractivity contribution in [2.45, 2.75) is 13.8 Å². The Hall–Kier alpha value is -1.19. The molecule has 0 saturated heterocycles. The zero-order valence-electron chi connectivity index (χ0n) is 6.10. The van der Waals surface area contributed by atoms with E-state index in [1.165, 1.54) is 0 Å². The Kier molecular flexibility index (Phi) is 2.15. The summed E-state index contributed by atoms with van der Waals surface area (Å²) < 4.78 is 1.57. The van der Waals surface area contributed by atoms with E-state index in [0.29, 0.717) is 5.92 Å². The monoisotopic (exact) mass is 138 g/mol. The molecule has 0 aliphatic heterocycles. The fourth-order valence-corrected chi connectivity index (χ4v) is 0.465. The molecule has 4 nitrogen and oxygen atoms in total. The maximum absolute atomic E-state index is 4.03. The van der Waals surface area contributed by atoms with Crippen molar-refractivity contribution in [2.24, 2.45) is 11.0 Å². The highest BCUT2D eigenvalue weighted by Crippen LogP contribution is 1.86. The van der Waals surface area contributed by atoms with Crippen molar-refractivity contribution in [3.63, 3.8) is 0 Å². The quantitative estimate of drug-likeness (QED) is 0.566. The smallest absolute Gasteiger partial charge is 0.141 e. The summed E-state index contributed by atoms with van der Waals surface area (Å²) in [7, 11) is 0. The fraction of sp³-hybridized carbons (Fsp3) is 0.500. The number of aromatic nitrogens is 3. The van der Waals surface area contributed by atoms with Crippen LogP contribution in [-0.2, 0) is 0 Å². The van der Waals surface area contributed by atoms with Gasteiger partial charge in [-0.1, -0.05) is 13.8 Å². The van der Waals surface area contributed by atoms with Crippen molar-refractivity contribution in [3.05, 3.63) is 12.7 Å². The summed E-state index contributed by atoms with van der Waals surface area (Å²) in [6.45, 7) is 4.13. The molecule has 54 valence electrons. The molecule has 0 fully saturated rings. The van der Waals surface area contributed by atoms with Crippen molar-refractivity contribution in [3.8, 4) is 0 Å². The SMILES string of the molecule is CC(C)C=Nn1cnnc1. The van der Waals surface area contributed by atoms with Crippen molar-refractivity contribution in [1.29, 1.82) is 0 Å². The lowest BCUT2D eigenvalue weighted by molar-refractivity contribution is 0.833. The van der Waals surface area contributed by atoms with Gasteiger partial charge in [-0.25, -0.2) is 4.68 Å². The van der Waals surface area contributed by atoms with Gasteiger partial charge in [0.15, 0.2) is 0 Å². The third kappa shape index (κ3) is 1.97. The van der Waals surface area contributed by atoms with E-state index in [4.69, 9.17) is 0 Å². The molecule has 1 aromatic heterocycles. The summed E-state index contributed by atoms with van der Waals surface area (Å²) in [5, 5.41) is 11.2. The van der Waals surface area contributed by atoms with Gasteiger partial charge in [0.05, 0.1) is 0 Å². The van der Waals surface area contributed by atoms with Gasteiger partial charge in [-0.05, 0) is 5.92 Å². The van der Waals surface area contributed by atoms with Gasteiger partial charge in [0.2, 0.25) is 0 Å². The molecule has 0 aliphatic rings. The average Bonchev–Trinajstić information content (AvgIpc) is 2.34. The highest BCUT2D eigenvalue weighted by molar-refractivity contribution is 5.59. The number of rotatable bonds is 2. The minimum absolute atomic E-state index is 0.461. The molecule has 4 heteroatoms. The molecule has 0 saturated carbocycles. The van der Waals surface area contributed by atoms with Crippen LogP contribution in [0, 0.1) is 5.92 Å². The first-order valence-corrected chi connectivity index (χ1v) is 3.18. The van der Waals surface area contributed by atoms with E-state index < -0.39 is 0 Å². The van der Waals surface area contributed by atoms with Crippen LogP contribution in [0.3, 0.4) is 0 Å². The summed E-state index contributed by atoms with van der Waals surface area (Å²) in [5.41, 5.74) is 0. The van der Waals surface area contributed by atoms with E-state index >= 15 is 0 Å². The van der Waals surface area contributed by atoms with Crippen LogP contribution >= 0.6 is 0 Å².